The molecule has 1 aromatic carbocycles. The second kappa shape index (κ2) is 3.89. The highest BCUT2D eigenvalue weighted by molar-refractivity contribution is 7.99. The third-order valence-electron chi connectivity index (χ3n) is 1.56. The fraction of sp³-hybridized carbons (Fsp3) is 0. The summed E-state index contributed by atoms with van der Waals surface area (Å²) in [6, 6.07) is 5.36. The molecule has 0 aliphatic carbocycles. The Morgan fingerprint density at radius 1 is 1.43 bits per heavy atom. The van der Waals surface area contributed by atoms with Crippen molar-refractivity contribution in [3.05, 3.63) is 29.5 Å². The van der Waals surface area contributed by atoms with Gasteiger partial charge >= 0.3 is 0 Å². The van der Waals surface area contributed by atoms with Crippen molar-refractivity contribution in [3.8, 4) is 0 Å². The number of aromatic amines is 1. The van der Waals surface area contributed by atoms with E-state index in [0.717, 1.165) is 4.90 Å². The Bertz CT molecular complexity index is 429. The Kier molecular flexibility index (Phi) is 2.60. The molecule has 0 spiro atoms. The van der Waals surface area contributed by atoms with E-state index in [1.54, 1.807) is 12.1 Å². The fourth-order valence-electron chi connectivity index (χ4n) is 0.947. The molecule has 3 N–H and O–H groups in total. The van der Waals surface area contributed by atoms with Crippen LogP contribution in [0.5, 0.6) is 0 Å². The number of nitrogens with zero attached hydrogens (tertiary/aromatic N) is 2. The number of H-pyrrole nitrogens is 1. The molecule has 0 aliphatic heterocycles. The number of rotatable bonds is 2. The molecule has 2 rings (SSSR count). The van der Waals surface area contributed by atoms with Crippen LogP contribution in [-0.4, -0.2) is 15.2 Å². The number of benzene rings is 1. The van der Waals surface area contributed by atoms with Crippen LogP contribution in [0.1, 0.15) is 0 Å². The molecule has 0 atom stereocenters. The van der Waals surface area contributed by atoms with Crippen molar-refractivity contribution in [2.24, 2.45) is 0 Å². The summed E-state index contributed by atoms with van der Waals surface area (Å²) in [7, 11) is 0. The average Bonchev–Trinajstić information content (AvgIpc) is 2.62. The van der Waals surface area contributed by atoms with Crippen LogP contribution in [0, 0.1) is 0 Å². The number of hydrogen-bond donors (Lipinski definition) is 2. The topological polar surface area (TPSA) is 67.6 Å². The largest absolute Gasteiger partial charge is 0.399 e. The second-order valence-corrected chi connectivity index (χ2v) is 4.02. The van der Waals surface area contributed by atoms with Crippen molar-refractivity contribution in [2.45, 2.75) is 10.1 Å². The molecule has 14 heavy (non-hydrogen) atoms. The summed E-state index contributed by atoms with van der Waals surface area (Å²) in [5.41, 5.74) is 6.22. The number of nitrogen functional groups attached to an aromatic ring is 1. The van der Waals surface area contributed by atoms with Crippen LogP contribution in [0.4, 0.5) is 5.69 Å². The lowest BCUT2D eigenvalue weighted by Crippen LogP contribution is -1.85. The number of nitrogens with two attached hydrogens (primary N) is 1. The molecule has 6 heteroatoms. The molecule has 0 aliphatic rings. The molecular weight excluding hydrogens is 220 g/mol. The minimum atomic E-state index is 0.617. The molecule has 0 bridgehead atoms. The van der Waals surface area contributed by atoms with E-state index in [1.807, 2.05) is 6.07 Å². The first-order chi connectivity index (χ1) is 6.75. The zero-order valence-electron chi connectivity index (χ0n) is 7.07. The predicted octanol–water partition coefficient (Wildman–Crippen LogP) is 2.19. The molecule has 0 unspecified atom stereocenters. The van der Waals surface area contributed by atoms with E-state index in [-0.39, 0.29) is 0 Å². The van der Waals surface area contributed by atoms with Gasteiger partial charge in [0, 0.05) is 10.6 Å². The monoisotopic (exact) mass is 226 g/mol. The van der Waals surface area contributed by atoms with Crippen molar-refractivity contribution < 1.29 is 0 Å². The molecule has 0 saturated heterocycles. The lowest BCUT2D eigenvalue weighted by atomic mass is 10.3. The van der Waals surface area contributed by atoms with E-state index in [9.17, 15) is 0 Å². The highest BCUT2D eigenvalue weighted by Gasteiger charge is 2.04. The van der Waals surface area contributed by atoms with Crippen LogP contribution < -0.4 is 5.73 Å². The molecule has 2 aromatic rings. The molecule has 1 heterocycles. The van der Waals surface area contributed by atoms with Gasteiger partial charge in [0.05, 0.1) is 5.02 Å². The van der Waals surface area contributed by atoms with E-state index in [4.69, 9.17) is 17.3 Å². The highest BCUT2D eigenvalue weighted by Crippen LogP contribution is 2.31. The maximum absolute atomic E-state index is 5.98. The van der Waals surface area contributed by atoms with E-state index in [1.165, 1.54) is 18.1 Å². The van der Waals surface area contributed by atoms with E-state index < -0.39 is 0 Å². The maximum atomic E-state index is 5.98. The van der Waals surface area contributed by atoms with Crippen LogP contribution in [0.25, 0.3) is 0 Å². The molecule has 0 saturated carbocycles. The van der Waals surface area contributed by atoms with Gasteiger partial charge < -0.3 is 5.73 Å². The number of halogens is 1. The summed E-state index contributed by atoms with van der Waals surface area (Å²) in [6.07, 6.45) is 1.45. The van der Waals surface area contributed by atoms with Crippen LogP contribution in [0.3, 0.4) is 0 Å². The van der Waals surface area contributed by atoms with Gasteiger partial charge in [0.1, 0.15) is 6.33 Å². The van der Waals surface area contributed by atoms with Crippen LogP contribution in [0.2, 0.25) is 5.02 Å². The van der Waals surface area contributed by atoms with Crippen molar-refractivity contribution >= 4 is 29.1 Å². The van der Waals surface area contributed by atoms with E-state index in [2.05, 4.69) is 15.2 Å². The Labute approximate surface area is 89.9 Å². The first-order valence-electron chi connectivity index (χ1n) is 3.84. The minimum Gasteiger partial charge on any atom is -0.399 e. The van der Waals surface area contributed by atoms with Gasteiger partial charge in [-0.15, -0.1) is 0 Å². The standard InChI is InChI=1S/C8H7ClN4S/c9-6-3-5(10)1-2-7(6)14-8-11-4-12-13-8/h1-4H,10H2,(H,11,12,13). The fourth-order valence-corrected chi connectivity index (χ4v) is 1.95. The molecule has 0 amide bonds. The summed E-state index contributed by atoms with van der Waals surface area (Å²) in [6.45, 7) is 0. The summed E-state index contributed by atoms with van der Waals surface area (Å²) < 4.78 is 0. The van der Waals surface area contributed by atoms with E-state index in [0.29, 0.717) is 15.9 Å². The second-order valence-electron chi connectivity index (χ2n) is 2.58. The zero-order chi connectivity index (χ0) is 9.97. The Balaban J connectivity index is 2.25. The van der Waals surface area contributed by atoms with Crippen LogP contribution >= 0.6 is 23.4 Å². The van der Waals surface area contributed by atoms with Gasteiger partial charge in [-0.3, -0.25) is 5.10 Å². The normalized spacial score (nSPS) is 10.4. The lowest BCUT2D eigenvalue weighted by Gasteiger charge is -2.01. The average molecular weight is 227 g/mol. The van der Waals surface area contributed by atoms with Crippen molar-refractivity contribution in [1.29, 1.82) is 0 Å². The lowest BCUT2D eigenvalue weighted by molar-refractivity contribution is 0.973. The Morgan fingerprint density at radius 3 is 2.93 bits per heavy atom. The van der Waals surface area contributed by atoms with Crippen molar-refractivity contribution in [1.82, 2.24) is 15.2 Å². The Morgan fingerprint density at radius 2 is 2.29 bits per heavy atom. The third-order valence-corrected chi connectivity index (χ3v) is 2.95. The molecule has 0 radical (unpaired) electrons. The number of nitrogens with one attached hydrogen (secondary N) is 1. The number of hydrogen-bond acceptors (Lipinski definition) is 4. The quantitative estimate of drug-likeness (QED) is 0.771. The highest BCUT2D eigenvalue weighted by atomic mass is 35.5. The minimum absolute atomic E-state index is 0.617. The smallest absolute Gasteiger partial charge is 0.188 e. The van der Waals surface area contributed by atoms with Crippen LogP contribution in [-0.2, 0) is 0 Å². The SMILES string of the molecule is Nc1ccc(Sc2ncn[nH]2)c(Cl)c1. The maximum Gasteiger partial charge on any atom is 0.188 e. The number of aromatic nitrogens is 3. The van der Waals surface area contributed by atoms with E-state index >= 15 is 0 Å². The molecule has 4 nitrogen and oxygen atoms in total. The summed E-state index contributed by atoms with van der Waals surface area (Å²) in [4.78, 5) is 4.88. The van der Waals surface area contributed by atoms with Gasteiger partial charge in [-0.05, 0) is 30.0 Å². The molecule has 0 fully saturated rings. The first kappa shape index (κ1) is 9.36. The zero-order valence-corrected chi connectivity index (χ0v) is 8.64. The Hall–Kier alpha value is -1.20. The van der Waals surface area contributed by atoms with Gasteiger partial charge in [0.25, 0.3) is 0 Å². The van der Waals surface area contributed by atoms with Gasteiger partial charge in [0.2, 0.25) is 0 Å². The predicted molar refractivity (Wildman–Crippen MR) is 56.4 cm³/mol. The third kappa shape index (κ3) is 2.00. The van der Waals surface area contributed by atoms with Gasteiger partial charge in [-0.1, -0.05) is 11.6 Å². The summed E-state index contributed by atoms with van der Waals surface area (Å²) >= 11 is 7.40. The summed E-state index contributed by atoms with van der Waals surface area (Å²) in [5, 5.41) is 7.80. The first-order valence-corrected chi connectivity index (χ1v) is 5.03. The molecule has 1 aromatic heterocycles. The van der Waals surface area contributed by atoms with Crippen molar-refractivity contribution in [2.75, 3.05) is 5.73 Å². The van der Waals surface area contributed by atoms with Gasteiger partial charge in [0.15, 0.2) is 5.16 Å². The van der Waals surface area contributed by atoms with Crippen LogP contribution in [0.15, 0.2) is 34.6 Å². The van der Waals surface area contributed by atoms with Crippen molar-refractivity contribution in [3.63, 3.8) is 0 Å². The van der Waals surface area contributed by atoms with Gasteiger partial charge in [-0.25, -0.2) is 4.98 Å². The molecule has 72 valence electrons. The number of anilines is 1. The molecular formula is C8H7ClN4S. The summed E-state index contributed by atoms with van der Waals surface area (Å²) in [5.74, 6) is 0. The van der Waals surface area contributed by atoms with Gasteiger partial charge in [-0.2, -0.15) is 5.10 Å².